The van der Waals surface area contributed by atoms with Crippen molar-refractivity contribution in [1.29, 1.82) is 0 Å². The van der Waals surface area contributed by atoms with Gasteiger partial charge < -0.3 is 10.0 Å². The Kier molecular flexibility index (Phi) is 2.47. The van der Waals surface area contributed by atoms with Crippen LogP contribution in [0.3, 0.4) is 0 Å². The Morgan fingerprint density at radius 2 is 2.31 bits per heavy atom. The second-order valence-corrected chi connectivity index (χ2v) is 4.52. The molecule has 1 aliphatic heterocycles. The van der Waals surface area contributed by atoms with Gasteiger partial charge in [0.25, 0.3) is 5.69 Å². The molecule has 0 atom stereocenters. The van der Waals surface area contributed by atoms with Gasteiger partial charge in [-0.3, -0.25) is 10.1 Å². The molecular weight excluding hydrogens is 234 g/mol. The molecule has 86 valence electrons. The fourth-order valence-corrected chi connectivity index (χ4v) is 1.96. The van der Waals surface area contributed by atoms with Gasteiger partial charge in [-0.15, -0.1) is 0 Å². The molecule has 1 aromatic heterocycles. The van der Waals surface area contributed by atoms with Crippen molar-refractivity contribution in [3.05, 3.63) is 27.4 Å². The third-order valence-corrected chi connectivity index (χ3v) is 2.66. The predicted octanol–water partition coefficient (Wildman–Crippen LogP) is 1.21. The van der Waals surface area contributed by atoms with Gasteiger partial charge in [0.05, 0.1) is 15.5 Å². The monoisotopic (exact) mass is 243 g/mol. The number of aliphatic hydroxyl groups is 1. The summed E-state index contributed by atoms with van der Waals surface area (Å²) in [5.74, 6) is 0.471. The average Bonchev–Trinajstić information content (AvgIpc) is 2.13. The largest absolute Gasteiger partial charge is 0.386 e. The molecule has 1 saturated heterocycles. The van der Waals surface area contributed by atoms with Crippen molar-refractivity contribution in [1.82, 2.24) is 4.98 Å². The summed E-state index contributed by atoms with van der Waals surface area (Å²) in [5.41, 5.74) is -0.867. The normalized spacial score (nSPS) is 18.1. The number of nitrogens with zero attached hydrogens (tertiary/aromatic N) is 3. The SMILES string of the molecule is CC1(O)CN(c2ncc([N+](=O)[O-])cc2Cl)C1. The first-order chi connectivity index (χ1) is 7.39. The molecule has 0 spiro atoms. The van der Waals surface area contributed by atoms with Gasteiger partial charge in [-0.1, -0.05) is 11.6 Å². The summed E-state index contributed by atoms with van der Waals surface area (Å²) in [7, 11) is 0. The molecule has 1 aromatic rings. The maximum atomic E-state index is 10.5. The van der Waals surface area contributed by atoms with Crippen molar-refractivity contribution in [2.24, 2.45) is 0 Å². The first-order valence-corrected chi connectivity index (χ1v) is 5.04. The highest BCUT2D eigenvalue weighted by Gasteiger charge is 2.38. The molecule has 16 heavy (non-hydrogen) atoms. The van der Waals surface area contributed by atoms with E-state index >= 15 is 0 Å². The summed E-state index contributed by atoms with van der Waals surface area (Å²) in [6, 6.07) is 1.26. The third kappa shape index (κ3) is 1.94. The van der Waals surface area contributed by atoms with Crippen LogP contribution in [0.15, 0.2) is 12.3 Å². The molecule has 0 unspecified atom stereocenters. The summed E-state index contributed by atoms with van der Waals surface area (Å²) in [6.45, 7) is 2.57. The van der Waals surface area contributed by atoms with Gasteiger partial charge in [0, 0.05) is 19.2 Å². The van der Waals surface area contributed by atoms with Crippen molar-refractivity contribution < 1.29 is 10.0 Å². The van der Waals surface area contributed by atoms with Crippen LogP contribution < -0.4 is 4.90 Å². The van der Waals surface area contributed by atoms with Gasteiger partial charge in [0.15, 0.2) is 0 Å². The summed E-state index contributed by atoms with van der Waals surface area (Å²) in [5, 5.41) is 20.3. The fourth-order valence-electron chi connectivity index (χ4n) is 1.68. The number of nitro groups is 1. The van der Waals surface area contributed by atoms with E-state index in [9.17, 15) is 15.2 Å². The molecule has 6 nitrogen and oxygen atoms in total. The zero-order valence-corrected chi connectivity index (χ0v) is 9.31. The quantitative estimate of drug-likeness (QED) is 0.624. The van der Waals surface area contributed by atoms with Crippen LogP contribution in [0.4, 0.5) is 11.5 Å². The van der Waals surface area contributed by atoms with Crippen LogP contribution in [0.5, 0.6) is 0 Å². The average molecular weight is 244 g/mol. The predicted molar refractivity (Wildman–Crippen MR) is 58.7 cm³/mol. The van der Waals surface area contributed by atoms with Gasteiger partial charge in [-0.2, -0.15) is 0 Å². The van der Waals surface area contributed by atoms with E-state index in [1.54, 1.807) is 11.8 Å². The van der Waals surface area contributed by atoms with Crippen molar-refractivity contribution >= 4 is 23.1 Å². The second kappa shape index (κ2) is 3.57. The van der Waals surface area contributed by atoms with Gasteiger partial charge in [-0.05, 0) is 6.92 Å². The summed E-state index contributed by atoms with van der Waals surface area (Å²) in [6.07, 6.45) is 1.16. The smallest absolute Gasteiger partial charge is 0.289 e. The van der Waals surface area contributed by atoms with Crippen LogP contribution in [0.2, 0.25) is 5.02 Å². The number of aromatic nitrogens is 1. The Balaban J connectivity index is 2.21. The minimum absolute atomic E-state index is 0.138. The standard InChI is InChI=1S/C9H10ClN3O3/c1-9(14)4-12(5-9)8-7(10)2-6(3-11-8)13(15)16/h2-3,14H,4-5H2,1H3. The van der Waals surface area contributed by atoms with Gasteiger partial charge in [-0.25, -0.2) is 4.98 Å². The molecule has 0 bridgehead atoms. The van der Waals surface area contributed by atoms with E-state index in [2.05, 4.69) is 4.98 Å². The number of β-amino-alcohol motifs (C(OH)–C–C–N with tert-alkyl or cyclic N) is 1. The van der Waals surface area contributed by atoms with Crippen LogP contribution in [0.1, 0.15) is 6.92 Å². The van der Waals surface area contributed by atoms with Crippen LogP contribution in [0.25, 0.3) is 0 Å². The minimum Gasteiger partial charge on any atom is -0.386 e. The number of rotatable bonds is 2. The maximum Gasteiger partial charge on any atom is 0.289 e. The Bertz CT molecular complexity index is 442. The van der Waals surface area contributed by atoms with Crippen molar-refractivity contribution in [3.63, 3.8) is 0 Å². The van der Waals surface area contributed by atoms with Crippen LogP contribution >= 0.6 is 11.6 Å². The number of pyridine rings is 1. The molecule has 7 heteroatoms. The van der Waals surface area contributed by atoms with E-state index < -0.39 is 10.5 Å². The minimum atomic E-state index is -0.729. The zero-order valence-electron chi connectivity index (χ0n) is 8.55. The van der Waals surface area contributed by atoms with E-state index in [1.165, 1.54) is 6.07 Å². The number of anilines is 1. The summed E-state index contributed by atoms with van der Waals surface area (Å²) < 4.78 is 0. The molecule has 0 radical (unpaired) electrons. The molecule has 0 aliphatic carbocycles. The van der Waals surface area contributed by atoms with Gasteiger partial charge in [0.2, 0.25) is 0 Å². The van der Waals surface area contributed by atoms with Crippen LogP contribution in [-0.4, -0.2) is 33.7 Å². The lowest BCUT2D eigenvalue weighted by molar-refractivity contribution is -0.385. The molecule has 2 rings (SSSR count). The molecule has 1 fully saturated rings. The molecule has 0 aromatic carbocycles. The first kappa shape index (κ1) is 11.1. The Labute approximate surface area is 96.6 Å². The van der Waals surface area contributed by atoms with E-state index in [1.807, 2.05) is 0 Å². The maximum absolute atomic E-state index is 10.5. The molecule has 0 saturated carbocycles. The lowest BCUT2D eigenvalue weighted by Gasteiger charge is -2.45. The number of halogens is 1. The highest BCUT2D eigenvalue weighted by Crippen LogP contribution is 2.32. The van der Waals surface area contributed by atoms with E-state index in [0.29, 0.717) is 18.9 Å². The molecule has 1 N–H and O–H groups in total. The Morgan fingerprint density at radius 3 is 2.75 bits per heavy atom. The Hall–Kier alpha value is -1.40. The first-order valence-electron chi connectivity index (χ1n) is 4.66. The van der Waals surface area contributed by atoms with Crippen molar-refractivity contribution in [3.8, 4) is 0 Å². The van der Waals surface area contributed by atoms with E-state index in [4.69, 9.17) is 11.6 Å². The molecular formula is C9H10ClN3O3. The van der Waals surface area contributed by atoms with Crippen molar-refractivity contribution in [2.45, 2.75) is 12.5 Å². The lowest BCUT2D eigenvalue weighted by Crippen LogP contribution is -2.60. The topological polar surface area (TPSA) is 79.5 Å². The summed E-state index contributed by atoms with van der Waals surface area (Å²) in [4.78, 5) is 15.6. The third-order valence-electron chi connectivity index (χ3n) is 2.38. The number of hydrogen-bond acceptors (Lipinski definition) is 5. The van der Waals surface area contributed by atoms with E-state index in [-0.39, 0.29) is 10.7 Å². The fraction of sp³-hybridized carbons (Fsp3) is 0.444. The highest BCUT2D eigenvalue weighted by atomic mass is 35.5. The van der Waals surface area contributed by atoms with E-state index in [0.717, 1.165) is 6.20 Å². The second-order valence-electron chi connectivity index (χ2n) is 4.11. The summed E-state index contributed by atoms with van der Waals surface area (Å²) >= 11 is 5.88. The molecule has 1 aliphatic rings. The highest BCUT2D eigenvalue weighted by molar-refractivity contribution is 6.33. The Morgan fingerprint density at radius 1 is 1.69 bits per heavy atom. The number of hydrogen-bond donors (Lipinski definition) is 1. The zero-order chi connectivity index (χ0) is 11.9. The van der Waals surface area contributed by atoms with Gasteiger partial charge >= 0.3 is 0 Å². The van der Waals surface area contributed by atoms with Crippen molar-refractivity contribution in [2.75, 3.05) is 18.0 Å². The van der Waals surface area contributed by atoms with Crippen LogP contribution in [-0.2, 0) is 0 Å². The molecule has 0 amide bonds. The van der Waals surface area contributed by atoms with Crippen LogP contribution in [0, 0.1) is 10.1 Å². The van der Waals surface area contributed by atoms with Gasteiger partial charge in [0.1, 0.15) is 12.0 Å². The lowest BCUT2D eigenvalue weighted by atomic mass is 9.97. The molecule has 2 heterocycles.